The van der Waals surface area contributed by atoms with E-state index < -0.39 is 0 Å². The first-order valence-corrected chi connectivity index (χ1v) is 3.83. The van der Waals surface area contributed by atoms with E-state index in [9.17, 15) is 0 Å². The minimum absolute atomic E-state index is 0.285. The summed E-state index contributed by atoms with van der Waals surface area (Å²) >= 11 is 3.86. The molecule has 0 saturated heterocycles. The molecule has 0 aromatic carbocycles. The molecule has 0 atom stereocenters. The maximum absolute atomic E-state index is 8.15. The van der Waals surface area contributed by atoms with Crippen molar-refractivity contribution in [1.29, 1.82) is 0 Å². The molecule has 0 rings (SSSR count). The highest BCUT2D eigenvalue weighted by Gasteiger charge is 1.77. The Balaban J connectivity index is 2.34. The molecule has 0 aliphatic rings. The number of hydrogen-bond donors (Lipinski definition) is 2. The predicted molar refractivity (Wildman–Crippen MR) is 33.1 cm³/mol. The minimum Gasteiger partial charge on any atom is -0.396 e. The summed E-state index contributed by atoms with van der Waals surface area (Å²) in [5.74, 6) is 0.944. The van der Waals surface area contributed by atoms with E-state index in [2.05, 4.69) is 11.7 Å². The van der Waals surface area contributed by atoms with Crippen molar-refractivity contribution in [1.82, 2.24) is 0 Å². The Morgan fingerprint density at radius 2 is 2.33 bits per heavy atom. The normalized spacial score (nSPS) is 9.00. The molecule has 0 aromatic heterocycles. The van der Waals surface area contributed by atoms with E-state index in [1.165, 1.54) is 10.8 Å². The van der Waals surface area contributed by atoms with E-state index in [-0.39, 0.29) is 6.61 Å². The molecule has 0 aromatic rings. The van der Waals surface area contributed by atoms with Crippen molar-refractivity contribution in [3.63, 3.8) is 0 Å². The molecule has 38 valence electrons. The molecule has 6 heavy (non-hydrogen) atoms. The van der Waals surface area contributed by atoms with Gasteiger partial charge in [0.05, 0.1) is 0 Å². The van der Waals surface area contributed by atoms with Gasteiger partial charge < -0.3 is 5.11 Å². The van der Waals surface area contributed by atoms with Gasteiger partial charge in [0.25, 0.3) is 0 Å². The standard InChI is InChI=1S/C3H8OS2/c4-2-1-3-6-5/h4-5H,1-3H2. The lowest BCUT2D eigenvalue weighted by Gasteiger charge is -1.85. The molecule has 0 radical (unpaired) electrons. The first-order chi connectivity index (χ1) is 2.91. The molecule has 0 bridgehead atoms. The molecular weight excluding hydrogens is 116 g/mol. The van der Waals surface area contributed by atoms with Gasteiger partial charge in [-0.25, -0.2) is 0 Å². The lowest BCUT2D eigenvalue weighted by Crippen LogP contribution is -1.81. The van der Waals surface area contributed by atoms with Crippen LogP contribution in [0.5, 0.6) is 0 Å². The smallest absolute Gasteiger partial charge is 0.0439 e. The Hall–Kier alpha value is 0.660. The summed E-state index contributed by atoms with van der Waals surface area (Å²) in [5.41, 5.74) is 0. The zero-order valence-corrected chi connectivity index (χ0v) is 5.13. The summed E-state index contributed by atoms with van der Waals surface area (Å²) in [7, 11) is 1.46. The van der Waals surface area contributed by atoms with Crippen molar-refractivity contribution >= 4 is 22.5 Å². The summed E-state index contributed by atoms with van der Waals surface area (Å²) in [4.78, 5) is 0. The molecule has 0 aliphatic heterocycles. The molecular formula is C3H8OS2. The van der Waals surface area contributed by atoms with Gasteiger partial charge in [-0.1, -0.05) is 10.8 Å². The summed E-state index contributed by atoms with van der Waals surface area (Å²) in [6.45, 7) is 0.285. The van der Waals surface area contributed by atoms with Crippen molar-refractivity contribution in [2.24, 2.45) is 0 Å². The van der Waals surface area contributed by atoms with Gasteiger partial charge in [0.15, 0.2) is 0 Å². The highest BCUT2D eigenvalue weighted by Crippen LogP contribution is 2.04. The Bertz CT molecular complexity index is 20.8. The van der Waals surface area contributed by atoms with Crippen LogP contribution >= 0.6 is 22.5 Å². The van der Waals surface area contributed by atoms with Crippen LogP contribution in [0.4, 0.5) is 0 Å². The quantitative estimate of drug-likeness (QED) is 0.332. The van der Waals surface area contributed by atoms with Gasteiger partial charge in [0.2, 0.25) is 0 Å². The SMILES string of the molecule is OCCCSS. The summed E-state index contributed by atoms with van der Waals surface area (Å²) < 4.78 is 0. The fraction of sp³-hybridized carbons (Fsp3) is 1.00. The van der Waals surface area contributed by atoms with Crippen LogP contribution in [0.3, 0.4) is 0 Å². The van der Waals surface area contributed by atoms with Crippen molar-refractivity contribution in [2.75, 3.05) is 12.4 Å². The van der Waals surface area contributed by atoms with Gasteiger partial charge >= 0.3 is 0 Å². The minimum atomic E-state index is 0.285. The number of aliphatic hydroxyl groups is 1. The number of hydrogen-bond acceptors (Lipinski definition) is 3. The topological polar surface area (TPSA) is 20.2 Å². The van der Waals surface area contributed by atoms with Crippen LogP contribution < -0.4 is 0 Å². The van der Waals surface area contributed by atoms with Crippen LogP contribution in [0.1, 0.15) is 6.42 Å². The number of thiol groups is 1. The van der Waals surface area contributed by atoms with Gasteiger partial charge in [-0.2, -0.15) is 0 Å². The van der Waals surface area contributed by atoms with Gasteiger partial charge in [-0.3, -0.25) is 0 Å². The van der Waals surface area contributed by atoms with E-state index in [1.807, 2.05) is 0 Å². The van der Waals surface area contributed by atoms with Crippen LogP contribution in [0.15, 0.2) is 0 Å². The largest absolute Gasteiger partial charge is 0.396 e. The Labute approximate surface area is 46.9 Å². The third-order valence-electron chi connectivity index (χ3n) is 0.394. The Morgan fingerprint density at radius 1 is 1.67 bits per heavy atom. The molecule has 1 nitrogen and oxygen atoms in total. The second-order valence-electron chi connectivity index (χ2n) is 0.910. The van der Waals surface area contributed by atoms with Crippen molar-refractivity contribution in [3.8, 4) is 0 Å². The van der Waals surface area contributed by atoms with Gasteiger partial charge in [-0.15, -0.1) is 11.7 Å². The number of rotatable bonds is 3. The van der Waals surface area contributed by atoms with Crippen LogP contribution in [-0.2, 0) is 0 Å². The van der Waals surface area contributed by atoms with Crippen LogP contribution in [0.2, 0.25) is 0 Å². The Morgan fingerprint density at radius 3 is 2.50 bits per heavy atom. The summed E-state index contributed by atoms with van der Waals surface area (Å²) in [6.07, 6.45) is 0.855. The molecule has 0 aliphatic carbocycles. The molecule has 0 saturated carbocycles. The second kappa shape index (κ2) is 5.66. The highest BCUT2D eigenvalue weighted by molar-refractivity contribution is 8.68. The van der Waals surface area contributed by atoms with Crippen LogP contribution in [-0.4, -0.2) is 17.5 Å². The summed E-state index contributed by atoms with van der Waals surface area (Å²) in [6, 6.07) is 0. The van der Waals surface area contributed by atoms with Gasteiger partial charge in [0.1, 0.15) is 0 Å². The zero-order valence-electron chi connectivity index (χ0n) is 3.42. The molecule has 0 fully saturated rings. The summed E-state index contributed by atoms with van der Waals surface area (Å²) in [5, 5.41) is 8.15. The van der Waals surface area contributed by atoms with Crippen molar-refractivity contribution in [3.05, 3.63) is 0 Å². The molecule has 1 N–H and O–H groups in total. The predicted octanol–water partition coefficient (Wildman–Crippen LogP) is 0.947. The Kier molecular flexibility index (Phi) is 6.28. The molecule has 0 amide bonds. The average Bonchev–Trinajstić information content (AvgIpc) is 1.61. The van der Waals surface area contributed by atoms with E-state index in [0.717, 1.165) is 12.2 Å². The lowest BCUT2D eigenvalue weighted by atomic mass is 10.5. The molecule has 0 spiro atoms. The third kappa shape index (κ3) is 4.66. The monoisotopic (exact) mass is 124 g/mol. The van der Waals surface area contributed by atoms with Gasteiger partial charge in [-0.05, 0) is 6.42 Å². The van der Waals surface area contributed by atoms with Crippen LogP contribution in [0, 0.1) is 0 Å². The fourth-order valence-corrected chi connectivity index (χ4v) is 0.775. The van der Waals surface area contributed by atoms with Crippen molar-refractivity contribution in [2.45, 2.75) is 6.42 Å². The second-order valence-corrected chi connectivity index (χ2v) is 2.35. The fourth-order valence-electron chi connectivity index (χ4n) is 0.129. The third-order valence-corrected chi connectivity index (χ3v) is 1.41. The van der Waals surface area contributed by atoms with Crippen LogP contribution in [0.25, 0.3) is 0 Å². The molecule has 0 heterocycles. The maximum atomic E-state index is 8.15. The van der Waals surface area contributed by atoms with Gasteiger partial charge in [0, 0.05) is 12.4 Å². The van der Waals surface area contributed by atoms with E-state index in [0.29, 0.717) is 0 Å². The molecule has 0 unspecified atom stereocenters. The first kappa shape index (κ1) is 6.66. The number of aliphatic hydroxyl groups excluding tert-OH is 1. The average molecular weight is 124 g/mol. The van der Waals surface area contributed by atoms with E-state index in [4.69, 9.17) is 5.11 Å². The molecule has 3 heteroatoms. The first-order valence-electron chi connectivity index (χ1n) is 1.79. The van der Waals surface area contributed by atoms with E-state index in [1.54, 1.807) is 0 Å². The maximum Gasteiger partial charge on any atom is 0.0439 e. The highest BCUT2D eigenvalue weighted by atomic mass is 33.1. The van der Waals surface area contributed by atoms with Crippen molar-refractivity contribution < 1.29 is 5.11 Å². The lowest BCUT2D eigenvalue weighted by molar-refractivity contribution is 0.296. The zero-order chi connectivity index (χ0) is 4.83. The van der Waals surface area contributed by atoms with E-state index >= 15 is 0 Å².